The van der Waals surface area contributed by atoms with Crippen molar-refractivity contribution in [3.8, 4) is 23.3 Å². The second-order valence-electron chi connectivity index (χ2n) is 6.36. The molecule has 1 N–H and O–H groups in total. The van der Waals surface area contributed by atoms with Gasteiger partial charge in [0.25, 0.3) is 5.91 Å². The largest absolute Gasteiger partial charge is 0.493 e. The van der Waals surface area contributed by atoms with Crippen molar-refractivity contribution in [2.45, 2.75) is 20.3 Å². The first-order chi connectivity index (χ1) is 14.5. The van der Waals surface area contributed by atoms with Gasteiger partial charge in [0.1, 0.15) is 17.4 Å². The average Bonchev–Trinajstić information content (AvgIpc) is 2.76. The molecule has 0 aromatic heterocycles. The van der Waals surface area contributed by atoms with E-state index in [4.69, 9.17) is 14.2 Å². The van der Waals surface area contributed by atoms with Gasteiger partial charge in [-0.25, -0.2) is 4.79 Å². The van der Waals surface area contributed by atoms with Crippen LogP contribution < -0.4 is 19.5 Å². The summed E-state index contributed by atoms with van der Waals surface area (Å²) in [5.74, 6) is 0.0761. The van der Waals surface area contributed by atoms with Crippen LogP contribution in [0.4, 0.5) is 0 Å². The second-order valence-corrected chi connectivity index (χ2v) is 6.36. The van der Waals surface area contributed by atoms with Crippen LogP contribution in [-0.2, 0) is 9.59 Å². The molecule has 0 saturated carbocycles. The maximum atomic E-state index is 12.2. The number of carbonyl (C=O) groups is 2. The number of amides is 1. The summed E-state index contributed by atoms with van der Waals surface area (Å²) in [5, 5.41) is 11.9. The third kappa shape index (κ3) is 6.38. The Balaban J connectivity index is 2.08. The molecule has 0 aliphatic carbocycles. The van der Waals surface area contributed by atoms with Gasteiger partial charge in [0.05, 0.1) is 7.11 Å². The van der Waals surface area contributed by atoms with Gasteiger partial charge in [-0.3, -0.25) is 4.79 Å². The fourth-order valence-corrected chi connectivity index (χ4v) is 2.51. The number of methoxy groups -OCH3 is 1. The Morgan fingerprint density at radius 1 is 1.13 bits per heavy atom. The van der Waals surface area contributed by atoms with Gasteiger partial charge < -0.3 is 19.5 Å². The zero-order chi connectivity index (χ0) is 21.9. The van der Waals surface area contributed by atoms with E-state index in [1.165, 1.54) is 19.3 Å². The molecule has 0 aliphatic heterocycles. The molecular formula is C23H24N2O5. The monoisotopic (exact) mass is 408 g/mol. The topological polar surface area (TPSA) is 97.7 Å². The van der Waals surface area contributed by atoms with Gasteiger partial charge in [0, 0.05) is 6.54 Å². The lowest BCUT2D eigenvalue weighted by molar-refractivity contribution is -0.136. The molecule has 7 heteroatoms. The molecule has 30 heavy (non-hydrogen) atoms. The minimum atomic E-state index is -0.587. The third-order valence-electron chi connectivity index (χ3n) is 4.06. The summed E-state index contributed by atoms with van der Waals surface area (Å²) in [5.41, 5.74) is 1.45. The number of benzene rings is 2. The number of esters is 1. The first-order valence-corrected chi connectivity index (χ1v) is 9.45. The molecule has 0 bridgehead atoms. The lowest BCUT2D eigenvalue weighted by Gasteiger charge is -2.11. The number of nitrogens with one attached hydrogen (secondary N) is 1. The number of carbonyl (C=O) groups excluding carboxylic acids is 2. The van der Waals surface area contributed by atoms with Crippen molar-refractivity contribution in [2.24, 2.45) is 0 Å². The fourth-order valence-electron chi connectivity index (χ4n) is 2.51. The molecule has 2 rings (SSSR count). The fraction of sp³-hybridized carbons (Fsp3) is 0.261. The van der Waals surface area contributed by atoms with E-state index in [9.17, 15) is 14.9 Å². The first-order valence-electron chi connectivity index (χ1n) is 9.45. The smallest absolute Gasteiger partial charge is 0.349 e. The van der Waals surface area contributed by atoms with Crippen molar-refractivity contribution in [1.29, 1.82) is 5.26 Å². The Hall–Kier alpha value is -3.79. The maximum absolute atomic E-state index is 12.2. The van der Waals surface area contributed by atoms with E-state index in [1.54, 1.807) is 18.2 Å². The molecule has 2 aromatic carbocycles. The minimum absolute atomic E-state index is 0.0260. The average molecular weight is 408 g/mol. The third-order valence-corrected chi connectivity index (χ3v) is 4.06. The van der Waals surface area contributed by atoms with Crippen LogP contribution in [0.15, 0.2) is 48.0 Å². The van der Waals surface area contributed by atoms with Crippen LogP contribution in [0.5, 0.6) is 17.2 Å². The number of nitriles is 1. The van der Waals surface area contributed by atoms with Crippen LogP contribution >= 0.6 is 0 Å². The molecule has 0 aliphatic rings. The van der Waals surface area contributed by atoms with Gasteiger partial charge >= 0.3 is 5.97 Å². The summed E-state index contributed by atoms with van der Waals surface area (Å²) >= 11 is 0. The Morgan fingerprint density at radius 3 is 2.57 bits per heavy atom. The summed E-state index contributed by atoms with van der Waals surface area (Å²) < 4.78 is 16.1. The van der Waals surface area contributed by atoms with Crippen molar-refractivity contribution in [2.75, 3.05) is 20.3 Å². The molecule has 0 radical (unpaired) electrons. The molecule has 1 amide bonds. The number of rotatable bonds is 9. The molecule has 0 heterocycles. The highest BCUT2D eigenvalue weighted by atomic mass is 16.6. The lowest BCUT2D eigenvalue weighted by atomic mass is 10.1. The number of hydrogen-bond donors (Lipinski definition) is 1. The van der Waals surface area contributed by atoms with Crippen LogP contribution in [0.3, 0.4) is 0 Å². The van der Waals surface area contributed by atoms with E-state index in [-0.39, 0.29) is 17.9 Å². The molecular weight excluding hydrogens is 384 g/mol. The summed E-state index contributed by atoms with van der Waals surface area (Å²) in [6, 6.07) is 14.0. The number of ether oxygens (including phenoxy) is 3. The Kier molecular flexibility index (Phi) is 8.45. The summed E-state index contributed by atoms with van der Waals surface area (Å²) in [6.45, 7) is 4.04. The molecule has 2 aromatic rings. The Labute approximate surface area is 175 Å². The van der Waals surface area contributed by atoms with E-state index < -0.39 is 11.9 Å². The van der Waals surface area contributed by atoms with Gasteiger partial charge in [-0.05, 0) is 48.7 Å². The molecule has 0 spiro atoms. The van der Waals surface area contributed by atoms with Gasteiger partial charge in [0.15, 0.2) is 18.1 Å². The van der Waals surface area contributed by atoms with Crippen molar-refractivity contribution >= 4 is 18.0 Å². The zero-order valence-corrected chi connectivity index (χ0v) is 17.2. The molecule has 0 unspecified atom stereocenters. The van der Waals surface area contributed by atoms with Crippen LogP contribution in [0.1, 0.15) is 24.5 Å². The SMILES string of the molecule is CCCNC(=O)/C(C#N)=C/c1ccc(OC(=O)COc2ccccc2C)c(OC)c1. The number of nitrogens with zero attached hydrogens (tertiary/aromatic N) is 1. The number of aryl methyl sites for hydroxylation is 1. The Bertz CT molecular complexity index is 976. The van der Waals surface area contributed by atoms with E-state index >= 15 is 0 Å². The highest BCUT2D eigenvalue weighted by Crippen LogP contribution is 2.29. The second kappa shape index (κ2) is 11.3. The molecule has 0 fully saturated rings. The number of hydrogen-bond acceptors (Lipinski definition) is 6. The predicted molar refractivity (Wildman–Crippen MR) is 112 cm³/mol. The van der Waals surface area contributed by atoms with E-state index in [1.807, 2.05) is 38.1 Å². The van der Waals surface area contributed by atoms with Crippen LogP contribution in [0.25, 0.3) is 6.08 Å². The van der Waals surface area contributed by atoms with Gasteiger partial charge in [0.2, 0.25) is 0 Å². The predicted octanol–water partition coefficient (Wildman–Crippen LogP) is 3.42. The quantitative estimate of drug-likeness (QED) is 0.295. The Morgan fingerprint density at radius 2 is 1.90 bits per heavy atom. The summed E-state index contributed by atoms with van der Waals surface area (Å²) in [6.07, 6.45) is 2.21. The molecule has 0 atom stereocenters. The summed E-state index contributed by atoms with van der Waals surface area (Å²) in [7, 11) is 1.43. The zero-order valence-electron chi connectivity index (χ0n) is 17.2. The van der Waals surface area contributed by atoms with E-state index in [0.29, 0.717) is 23.6 Å². The van der Waals surface area contributed by atoms with Crippen molar-refractivity contribution in [3.63, 3.8) is 0 Å². The van der Waals surface area contributed by atoms with Crippen LogP contribution in [-0.4, -0.2) is 32.1 Å². The van der Waals surface area contributed by atoms with Crippen LogP contribution in [0.2, 0.25) is 0 Å². The lowest BCUT2D eigenvalue weighted by Crippen LogP contribution is -2.25. The van der Waals surface area contributed by atoms with Gasteiger partial charge in [-0.1, -0.05) is 31.2 Å². The molecule has 156 valence electrons. The minimum Gasteiger partial charge on any atom is -0.493 e. The molecule has 0 saturated heterocycles. The van der Waals surface area contributed by atoms with E-state index in [0.717, 1.165) is 12.0 Å². The highest BCUT2D eigenvalue weighted by Gasteiger charge is 2.13. The van der Waals surface area contributed by atoms with E-state index in [2.05, 4.69) is 5.32 Å². The van der Waals surface area contributed by atoms with Crippen molar-refractivity contribution in [3.05, 3.63) is 59.2 Å². The van der Waals surface area contributed by atoms with Gasteiger partial charge in [-0.15, -0.1) is 0 Å². The maximum Gasteiger partial charge on any atom is 0.349 e. The molecule has 7 nitrogen and oxygen atoms in total. The van der Waals surface area contributed by atoms with Gasteiger partial charge in [-0.2, -0.15) is 5.26 Å². The first kappa shape index (κ1) is 22.5. The highest BCUT2D eigenvalue weighted by molar-refractivity contribution is 6.01. The number of para-hydroxylation sites is 1. The van der Waals surface area contributed by atoms with Crippen molar-refractivity contribution in [1.82, 2.24) is 5.32 Å². The summed E-state index contributed by atoms with van der Waals surface area (Å²) in [4.78, 5) is 24.2. The van der Waals surface area contributed by atoms with Crippen molar-refractivity contribution < 1.29 is 23.8 Å². The normalized spacial score (nSPS) is 10.7. The van der Waals surface area contributed by atoms with Crippen LogP contribution in [0, 0.1) is 18.3 Å². The standard InChI is InChI=1S/C23H24N2O5/c1-4-11-25-23(27)18(14-24)12-17-9-10-20(21(13-17)28-3)30-22(26)15-29-19-8-6-5-7-16(19)2/h5-10,12-13H,4,11,15H2,1-3H3,(H,25,27)/b18-12+.